The van der Waals surface area contributed by atoms with Crippen LogP contribution in [0, 0.1) is 12.8 Å². The molecule has 1 saturated carbocycles. The second-order valence-corrected chi connectivity index (χ2v) is 9.29. The van der Waals surface area contributed by atoms with E-state index in [2.05, 4.69) is 37.1 Å². The number of aromatic nitrogens is 1. The fraction of sp³-hybridized carbons (Fsp3) is 0.609. The number of carbonyl (C=O) groups is 3. The number of ether oxygens (including phenoxy) is 1. The molecule has 3 amide bonds. The summed E-state index contributed by atoms with van der Waals surface area (Å²) in [6, 6.07) is 1.95. The number of nitrogens with one attached hydrogen (secondary N) is 3. The Morgan fingerprint density at radius 1 is 1.30 bits per heavy atom. The van der Waals surface area contributed by atoms with Gasteiger partial charge in [-0.15, -0.1) is 0 Å². The fourth-order valence-corrected chi connectivity index (χ4v) is 4.95. The Kier molecular flexibility index (Phi) is 6.53. The highest BCUT2D eigenvalue weighted by Gasteiger charge is 2.47. The molecular weight excluding hydrogens is 424 g/mol. The van der Waals surface area contributed by atoms with E-state index in [-0.39, 0.29) is 6.04 Å². The van der Waals surface area contributed by atoms with Crippen molar-refractivity contribution in [1.82, 2.24) is 21.0 Å². The van der Waals surface area contributed by atoms with Gasteiger partial charge in [-0.1, -0.05) is 0 Å². The van der Waals surface area contributed by atoms with Gasteiger partial charge in [-0.25, -0.2) is 15.2 Å². The Hall–Kier alpha value is -3.17. The summed E-state index contributed by atoms with van der Waals surface area (Å²) in [5.74, 6) is 0.0486. The number of rotatable bonds is 5. The molecule has 0 unspecified atom stereocenters. The zero-order valence-corrected chi connectivity index (χ0v) is 19.4. The molecule has 3 aliphatic rings. The molecule has 1 aliphatic carbocycles. The van der Waals surface area contributed by atoms with Gasteiger partial charge in [-0.2, -0.15) is 5.10 Å². The molecule has 10 heteroatoms. The third-order valence-corrected chi connectivity index (χ3v) is 6.92. The van der Waals surface area contributed by atoms with E-state index in [9.17, 15) is 14.4 Å². The number of hydrogen-bond acceptors (Lipinski definition) is 7. The number of hydrogen-bond donors (Lipinski definition) is 3. The Labute approximate surface area is 193 Å². The molecule has 1 aromatic heterocycles. The van der Waals surface area contributed by atoms with Gasteiger partial charge in [0.2, 0.25) is 0 Å². The average Bonchev–Trinajstić information content (AvgIpc) is 2.74. The minimum atomic E-state index is -0.780. The van der Waals surface area contributed by atoms with Gasteiger partial charge in [0.05, 0.1) is 0 Å². The largest absolute Gasteiger partial charge is 0.435 e. The van der Waals surface area contributed by atoms with E-state index in [1.807, 2.05) is 20.0 Å². The van der Waals surface area contributed by atoms with Crippen molar-refractivity contribution in [2.45, 2.75) is 64.0 Å². The molecule has 1 aromatic rings. The highest BCUT2D eigenvalue weighted by atomic mass is 16.6. The molecule has 4 rings (SSSR count). The lowest BCUT2D eigenvalue weighted by atomic mass is 9.72. The van der Waals surface area contributed by atoms with Crippen molar-refractivity contribution in [2.75, 3.05) is 25.0 Å². The van der Waals surface area contributed by atoms with Crippen LogP contribution in [0.15, 0.2) is 17.4 Å². The zero-order chi connectivity index (χ0) is 23.6. The first-order valence-corrected chi connectivity index (χ1v) is 11.6. The van der Waals surface area contributed by atoms with Gasteiger partial charge >= 0.3 is 17.9 Å². The monoisotopic (exact) mass is 456 g/mol. The molecule has 1 spiro atoms. The number of amides is 3. The average molecular weight is 457 g/mol. The van der Waals surface area contributed by atoms with Crippen molar-refractivity contribution in [3.8, 4) is 0 Å². The third kappa shape index (κ3) is 4.79. The van der Waals surface area contributed by atoms with Crippen LogP contribution in [0.1, 0.15) is 56.6 Å². The summed E-state index contributed by atoms with van der Waals surface area (Å²) in [6.45, 7) is 5.99. The van der Waals surface area contributed by atoms with Crippen molar-refractivity contribution >= 4 is 29.4 Å². The first-order valence-electron chi connectivity index (χ1n) is 11.6. The number of likely N-dealkylation sites (N-methyl/N-ethyl adjacent to an activating group) is 1. The fourth-order valence-electron chi connectivity index (χ4n) is 4.95. The Morgan fingerprint density at radius 3 is 2.64 bits per heavy atom. The number of hydrazone groups is 1. The maximum Gasteiger partial charge on any atom is 0.428 e. The van der Waals surface area contributed by atoms with E-state index in [1.165, 1.54) is 13.5 Å². The standard InChI is InChI=1S/C23H32N6O4/c1-14-11-18(29-9-4-10-29)25-13-17(14)19-23(33-22(32)28-27-19)7-5-16(6-8-23)12-15(2)26-21(31)20(30)24-3/h11,13,15-16H,4-10,12H2,1-3H3,(H,24,30)(H,26,31)(H,28,32)/t15-,16?,23?/m0/s1. The molecule has 33 heavy (non-hydrogen) atoms. The lowest BCUT2D eigenvalue weighted by Crippen LogP contribution is -2.53. The quantitative estimate of drug-likeness (QED) is 0.578. The predicted octanol–water partition coefficient (Wildman–Crippen LogP) is 1.61. The summed E-state index contributed by atoms with van der Waals surface area (Å²) in [7, 11) is 1.43. The lowest BCUT2D eigenvalue weighted by molar-refractivity contribution is -0.139. The molecule has 1 atom stereocenters. The molecule has 0 bridgehead atoms. The molecule has 2 fully saturated rings. The molecule has 2 aliphatic heterocycles. The van der Waals surface area contributed by atoms with Gasteiger partial charge in [0.25, 0.3) is 0 Å². The number of anilines is 1. The van der Waals surface area contributed by atoms with Gasteiger partial charge < -0.3 is 20.3 Å². The van der Waals surface area contributed by atoms with Crippen LogP contribution in [0.3, 0.4) is 0 Å². The maximum atomic E-state index is 12.1. The maximum absolute atomic E-state index is 12.1. The van der Waals surface area contributed by atoms with Crippen molar-refractivity contribution in [3.05, 3.63) is 23.4 Å². The van der Waals surface area contributed by atoms with Crippen molar-refractivity contribution in [1.29, 1.82) is 0 Å². The second kappa shape index (κ2) is 9.36. The van der Waals surface area contributed by atoms with Crippen LogP contribution in [0.4, 0.5) is 10.6 Å². The van der Waals surface area contributed by atoms with E-state index >= 15 is 0 Å². The van der Waals surface area contributed by atoms with Crippen LogP contribution >= 0.6 is 0 Å². The molecule has 3 N–H and O–H groups in total. The van der Waals surface area contributed by atoms with Gasteiger partial charge in [-0.05, 0) is 69.9 Å². The number of nitrogens with zero attached hydrogens (tertiary/aromatic N) is 3. The van der Waals surface area contributed by atoms with Gasteiger partial charge in [0.1, 0.15) is 11.5 Å². The number of carbonyl (C=O) groups excluding carboxylic acids is 3. The summed E-state index contributed by atoms with van der Waals surface area (Å²) in [5, 5.41) is 9.49. The topological polar surface area (TPSA) is 125 Å². The van der Waals surface area contributed by atoms with Crippen molar-refractivity contribution < 1.29 is 19.1 Å². The minimum Gasteiger partial charge on any atom is -0.435 e. The second-order valence-electron chi connectivity index (χ2n) is 9.29. The molecule has 3 heterocycles. The minimum absolute atomic E-state index is 0.127. The Balaban J connectivity index is 1.44. The van der Waals surface area contributed by atoms with Crippen LogP contribution in [-0.4, -0.2) is 60.4 Å². The summed E-state index contributed by atoms with van der Waals surface area (Å²) >= 11 is 0. The van der Waals surface area contributed by atoms with E-state index in [1.54, 1.807) is 0 Å². The number of aryl methyl sites for hydroxylation is 1. The lowest BCUT2D eigenvalue weighted by Gasteiger charge is -2.42. The van der Waals surface area contributed by atoms with Gasteiger partial charge in [0, 0.05) is 37.9 Å². The Morgan fingerprint density at radius 2 is 2.03 bits per heavy atom. The summed E-state index contributed by atoms with van der Waals surface area (Å²) in [5.41, 5.74) is 4.36. The van der Waals surface area contributed by atoms with Crippen molar-refractivity contribution in [2.24, 2.45) is 11.0 Å². The highest BCUT2D eigenvalue weighted by Crippen LogP contribution is 2.41. The van der Waals surface area contributed by atoms with Gasteiger partial charge in [-0.3, -0.25) is 9.59 Å². The van der Waals surface area contributed by atoms with E-state index < -0.39 is 23.5 Å². The first-order chi connectivity index (χ1) is 15.8. The van der Waals surface area contributed by atoms with Gasteiger partial charge in [0.15, 0.2) is 5.60 Å². The van der Waals surface area contributed by atoms with Crippen molar-refractivity contribution in [3.63, 3.8) is 0 Å². The van der Waals surface area contributed by atoms with Crippen LogP contribution in [0.25, 0.3) is 0 Å². The van der Waals surface area contributed by atoms with Crippen LogP contribution in [0.5, 0.6) is 0 Å². The summed E-state index contributed by atoms with van der Waals surface area (Å²) < 4.78 is 5.87. The molecule has 10 nitrogen and oxygen atoms in total. The molecule has 0 radical (unpaired) electrons. The van der Waals surface area contributed by atoms with E-state index in [0.717, 1.165) is 55.0 Å². The smallest absolute Gasteiger partial charge is 0.428 e. The third-order valence-electron chi connectivity index (χ3n) is 6.92. The Bertz CT molecular complexity index is 966. The normalized spacial score (nSPS) is 25.3. The SMILES string of the molecule is CNC(=O)C(=O)N[C@@H](C)CC1CCC2(CC1)OC(=O)NN=C2c1cnc(N2CCC2)cc1C. The first kappa shape index (κ1) is 23.0. The van der Waals surface area contributed by atoms with Crippen LogP contribution in [-0.2, 0) is 14.3 Å². The predicted molar refractivity (Wildman–Crippen MR) is 123 cm³/mol. The van der Waals surface area contributed by atoms with Crippen LogP contribution in [0.2, 0.25) is 0 Å². The summed E-state index contributed by atoms with van der Waals surface area (Å²) in [6.07, 6.45) is 6.19. The molecule has 178 valence electrons. The van der Waals surface area contributed by atoms with E-state index in [4.69, 9.17) is 4.74 Å². The zero-order valence-electron chi connectivity index (χ0n) is 19.4. The summed E-state index contributed by atoms with van der Waals surface area (Å²) in [4.78, 5) is 42.3. The van der Waals surface area contributed by atoms with Crippen LogP contribution < -0.4 is 21.0 Å². The van der Waals surface area contributed by atoms with E-state index in [0.29, 0.717) is 18.8 Å². The highest BCUT2D eigenvalue weighted by molar-refractivity contribution is 6.35. The molecule has 1 saturated heterocycles. The number of pyridine rings is 1. The molecular formula is C23H32N6O4. The molecule has 0 aromatic carbocycles.